The van der Waals surface area contributed by atoms with Crippen molar-refractivity contribution in [3.63, 3.8) is 0 Å². The molecule has 0 bridgehead atoms. The van der Waals surface area contributed by atoms with E-state index in [-0.39, 0.29) is 17.8 Å². The topological polar surface area (TPSA) is 88.2 Å². The van der Waals surface area contributed by atoms with Gasteiger partial charge >= 0.3 is 0 Å². The molecular formula is C15H19N3O3. The van der Waals surface area contributed by atoms with Crippen LogP contribution in [0.5, 0.6) is 0 Å². The van der Waals surface area contributed by atoms with Gasteiger partial charge in [0.2, 0.25) is 0 Å². The summed E-state index contributed by atoms with van der Waals surface area (Å²) < 4.78 is 5.38. The molecule has 6 nitrogen and oxygen atoms in total. The molecule has 3 N–H and O–H groups in total. The summed E-state index contributed by atoms with van der Waals surface area (Å²) in [4.78, 5) is 14.5. The molecule has 0 saturated heterocycles. The van der Waals surface area contributed by atoms with Gasteiger partial charge in [-0.15, -0.1) is 0 Å². The van der Waals surface area contributed by atoms with Crippen LogP contribution in [0.15, 0.2) is 23.4 Å². The molecule has 2 aliphatic rings. The molecule has 1 heterocycles. The van der Waals surface area contributed by atoms with E-state index in [1.807, 2.05) is 23.1 Å². The molecule has 1 aliphatic carbocycles. The van der Waals surface area contributed by atoms with Gasteiger partial charge in [0.05, 0.1) is 13.2 Å². The Bertz CT molecular complexity index is 582. The van der Waals surface area contributed by atoms with Crippen LogP contribution in [0.1, 0.15) is 40.7 Å². The number of carbonyl (C=O) groups is 1. The molecule has 1 amide bonds. The van der Waals surface area contributed by atoms with Crippen LogP contribution in [-0.4, -0.2) is 34.4 Å². The molecule has 6 heteroatoms. The first-order valence-corrected chi connectivity index (χ1v) is 7.16. The van der Waals surface area contributed by atoms with Crippen LogP contribution in [0.4, 0.5) is 0 Å². The summed E-state index contributed by atoms with van der Waals surface area (Å²) >= 11 is 0. The van der Waals surface area contributed by atoms with Gasteiger partial charge < -0.3 is 20.6 Å². The lowest BCUT2D eigenvalue weighted by molar-refractivity contribution is 0.0747. The van der Waals surface area contributed by atoms with Crippen molar-refractivity contribution in [3.05, 3.63) is 34.9 Å². The van der Waals surface area contributed by atoms with Crippen LogP contribution >= 0.6 is 0 Å². The maximum Gasteiger partial charge on any atom is 0.254 e. The second-order valence-corrected chi connectivity index (χ2v) is 5.55. The lowest BCUT2D eigenvalue weighted by Gasteiger charge is -2.22. The second-order valence-electron chi connectivity index (χ2n) is 5.55. The third-order valence-electron chi connectivity index (χ3n) is 3.95. The number of nitrogens with zero attached hydrogens (tertiary/aromatic N) is 2. The Morgan fingerprint density at radius 1 is 1.38 bits per heavy atom. The van der Waals surface area contributed by atoms with E-state index in [2.05, 4.69) is 5.16 Å². The van der Waals surface area contributed by atoms with Gasteiger partial charge in [-0.25, -0.2) is 0 Å². The predicted octanol–water partition coefficient (Wildman–Crippen LogP) is 1.46. The average Bonchev–Trinajstić information content (AvgIpc) is 3.23. The number of fused-ring (bicyclic) bond motifs is 1. The van der Waals surface area contributed by atoms with Gasteiger partial charge in [-0.2, -0.15) is 0 Å². The molecule has 0 atom stereocenters. The number of oxime groups is 1. The number of nitrogens with two attached hydrogens (primary N) is 1. The van der Waals surface area contributed by atoms with Crippen molar-refractivity contribution in [2.75, 3.05) is 6.54 Å². The highest BCUT2D eigenvalue weighted by Gasteiger charge is 2.33. The molecule has 0 unspecified atom stereocenters. The lowest BCUT2D eigenvalue weighted by Crippen LogP contribution is -2.36. The lowest BCUT2D eigenvalue weighted by atomic mass is 10.1. The number of ether oxygens (including phenoxy) is 1. The van der Waals surface area contributed by atoms with Gasteiger partial charge in [0, 0.05) is 24.6 Å². The van der Waals surface area contributed by atoms with E-state index >= 15 is 0 Å². The summed E-state index contributed by atoms with van der Waals surface area (Å²) in [6, 6.07) is 6.02. The zero-order chi connectivity index (χ0) is 14.8. The number of carbonyl (C=O) groups excluding carboxylic acids is 1. The molecule has 0 spiro atoms. The highest BCUT2D eigenvalue weighted by Crippen LogP contribution is 2.29. The van der Waals surface area contributed by atoms with Gasteiger partial charge in [0.1, 0.15) is 5.84 Å². The highest BCUT2D eigenvalue weighted by molar-refractivity contribution is 5.95. The third kappa shape index (κ3) is 3.00. The Labute approximate surface area is 123 Å². The Balaban J connectivity index is 1.74. The summed E-state index contributed by atoms with van der Waals surface area (Å²) in [6.45, 7) is 1.68. The Kier molecular flexibility index (Phi) is 3.79. The molecule has 1 aromatic rings. The second kappa shape index (κ2) is 5.73. The van der Waals surface area contributed by atoms with Crippen molar-refractivity contribution in [2.24, 2.45) is 10.9 Å². The average molecular weight is 289 g/mol. The summed E-state index contributed by atoms with van der Waals surface area (Å²) in [5, 5.41) is 11.6. The van der Waals surface area contributed by atoms with E-state index in [1.54, 1.807) is 0 Å². The van der Waals surface area contributed by atoms with Gasteiger partial charge in [0.25, 0.3) is 5.91 Å². The minimum atomic E-state index is 0.0120. The Morgan fingerprint density at radius 3 is 2.86 bits per heavy atom. The van der Waals surface area contributed by atoms with Crippen molar-refractivity contribution in [3.8, 4) is 0 Å². The summed E-state index contributed by atoms with van der Waals surface area (Å²) in [7, 11) is 0. The predicted molar refractivity (Wildman–Crippen MR) is 77.0 cm³/mol. The van der Waals surface area contributed by atoms with E-state index in [4.69, 9.17) is 15.7 Å². The molecule has 1 saturated carbocycles. The van der Waals surface area contributed by atoms with Gasteiger partial charge in [-0.1, -0.05) is 11.2 Å². The van der Waals surface area contributed by atoms with E-state index in [1.165, 1.54) is 0 Å². The van der Waals surface area contributed by atoms with Crippen LogP contribution in [0.3, 0.4) is 0 Å². The van der Waals surface area contributed by atoms with E-state index in [9.17, 15) is 4.79 Å². The fourth-order valence-corrected chi connectivity index (χ4v) is 2.59. The molecule has 0 radical (unpaired) electrons. The minimum Gasteiger partial charge on any atom is -0.409 e. The quantitative estimate of drug-likeness (QED) is 0.372. The molecule has 1 fully saturated rings. The fraction of sp³-hybridized carbons (Fsp3) is 0.467. The van der Waals surface area contributed by atoms with Crippen molar-refractivity contribution in [1.29, 1.82) is 0 Å². The Morgan fingerprint density at radius 2 is 2.14 bits per heavy atom. The molecule has 0 aromatic heterocycles. The van der Waals surface area contributed by atoms with Crippen LogP contribution < -0.4 is 5.73 Å². The number of amidine groups is 1. The van der Waals surface area contributed by atoms with Crippen molar-refractivity contribution in [2.45, 2.75) is 38.5 Å². The van der Waals surface area contributed by atoms with E-state index in [0.29, 0.717) is 31.7 Å². The van der Waals surface area contributed by atoms with Gasteiger partial charge in [-0.3, -0.25) is 4.79 Å². The monoisotopic (exact) mass is 289 g/mol. The van der Waals surface area contributed by atoms with Gasteiger partial charge in [0.15, 0.2) is 0 Å². The maximum absolute atomic E-state index is 12.7. The first-order valence-electron chi connectivity index (χ1n) is 7.16. The molecule has 3 rings (SSSR count). The first kappa shape index (κ1) is 13.9. The molecule has 1 aliphatic heterocycles. The van der Waals surface area contributed by atoms with E-state index in [0.717, 1.165) is 24.0 Å². The van der Waals surface area contributed by atoms with Gasteiger partial charge in [-0.05, 0) is 36.1 Å². The van der Waals surface area contributed by atoms with Crippen molar-refractivity contribution in [1.82, 2.24) is 4.90 Å². The van der Waals surface area contributed by atoms with E-state index < -0.39 is 0 Å². The normalized spacial score (nSPS) is 17.6. The maximum atomic E-state index is 12.7. The largest absolute Gasteiger partial charge is 0.409 e. The highest BCUT2D eigenvalue weighted by atomic mass is 16.5. The summed E-state index contributed by atoms with van der Waals surface area (Å²) in [5.41, 5.74) is 8.43. The smallest absolute Gasteiger partial charge is 0.254 e. The molecule has 112 valence electrons. The van der Waals surface area contributed by atoms with Crippen LogP contribution in [0.2, 0.25) is 0 Å². The Hall–Kier alpha value is -2.08. The molecule has 1 aromatic carbocycles. The molecular weight excluding hydrogens is 270 g/mol. The molecule has 21 heavy (non-hydrogen) atoms. The summed E-state index contributed by atoms with van der Waals surface area (Å²) in [6.07, 6.45) is 2.43. The van der Waals surface area contributed by atoms with Crippen molar-refractivity contribution < 1.29 is 14.7 Å². The number of hydrogen-bond donors (Lipinski definition) is 2. The van der Waals surface area contributed by atoms with Crippen LogP contribution in [0.25, 0.3) is 0 Å². The number of benzene rings is 1. The zero-order valence-electron chi connectivity index (χ0n) is 11.8. The standard InChI is InChI=1S/C15H19N3O3/c16-14(17-20)5-6-18(13-3-4-13)15(19)10-1-2-11-8-21-9-12(11)7-10/h1-2,7,13,20H,3-6,8-9H2,(H2,16,17). The third-order valence-corrected chi connectivity index (χ3v) is 3.95. The number of hydrogen-bond acceptors (Lipinski definition) is 4. The number of amides is 1. The number of rotatable bonds is 5. The fourth-order valence-electron chi connectivity index (χ4n) is 2.59. The van der Waals surface area contributed by atoms with Crippen molar-refractivity contribution >= 4 is 11.7 Å². The first-order chi connectivity index (χ1) is 10.2. The zero-order valence-corrected chi connectivity index (χ0v) is 11.8. The minimum absolute atomic E-state index is 0.0120. The summed E-state index contributed by atoms with van der Waals surface area (Å²) in [5.74, 6) is 0.161. The van der Waals surface area contributed by atoms with Crippen LogP contribution in [-0.2, 0) is 18.0 Å². The SMILES string of the molecule is NC(CCN(C(=O)c1ccc2c(c1)COC2)C1CC1)=NO. The van der Waals surface area contributed by atoms with Crippen LogP contribution in [0, 0.1) is 0 Å².